The van der Waals surface area contributed by atoms with Gasteiger partial charge in [0.2, 0.25) is 5.91 Å². The van der Waals surface area contributed by atoms with Gasteiger partial charge >= 0.3 is 0 Å². The highest BCUT2D eigenvalue weighted by Gasteiger charge is 2.08. The number of rotatable bonds is 5. The van der Waals surface area contributed by atoms with Crippen LogP contribution in [0.1, 0.15) is 30.3 Å². The van der Waals surface area contributed by atoms with Crippen LogP contribution in [-0.2, 0) is 11.3 Å². The van der Waals surface area contributed by atoms with Gasteiger partial charge in [0.05, 0.1) is 11.6 Å². The van der Waals surface area contributed by atoms with Gasteiger partial charge in [-0.1, -0.05) is 12.1 Å². The van der Waals surface area contributed by atoms with Crippen LogP contribution < -0.4 is 5.32 Å². The van der Waals surface area contributed by atoms with Crippen molar-refractivity contribution in [1.29, 1.82) is 0 Å². The van der Waals surface area contributed by atoms with E-state index in [1.165, 1.54) is 4.88 Å². The zero-order chi connectivity index (χ0) is 14.5. The van der Waals surface area contributed by atoms with E-state index in [0.29, 0.717) is 6.54 Å². The molecular formula is C15H19N3OS. The second-order valence-electron chi connectivity index (χ2n) is 4.85. The average molecular weight is 289 g/mol. The van der Waals surface area contributed by atoms with Crippen molar-refractivity contribution in [1.82, 2.24) is 9.88 Å². The Morgan fingerprint density at radius 3 is 2.95 bits per heavy atom. The lowest BCUT2D eigenvalue weighted by Gasteiger charge is -2.17. The van der Waals surface area contributed by atoms with E-state index in [2.05, 4.69) is 23.3 Å². The molecule has 0 saturated heterocycles. The molecule has 1 N–H and O–H groups in total. The smallest absolute Gasteiger partial charge is 0.219 e. The Morgan fingerprint density at radius 2 is 2.30 bits per heavy atom. The Bertz CT molecular complexity index is 568. The van der Waals surface area contributed by atoms with Crippen LogP contribution in [0.15, 0.2) is 36.0 Å². The molecular weight excluding hydrogens is 270 g/mol. The Labute approximate surface area is 123 Å². The zero-order valence-corrected chi connectivity index (χ0v) is 12.8. The molecule has 106 valence electrons. The molecule has 5 heteroatoms. The summed E-state index contributed by atoms with van der Waals surface area (Å²) in [5, 5.41) is 3.45. The van der Waals surface area contributed by atoms with Crippen molar-refractivity contribution < 1.29 is 4.79 Å². The number of nitrogens with one attached hydrogen (secondary N) is 1. The van der Waals surface area contributed by atoms with E-state index in [0.717, 1.165) is 11.3 Å². The van der Waals surface area contributed by atoms with Crippen LogP contribution in [0.4, 0.5) is 5.69 Å². The van der Waals surface area contributed by atoms with Gasteiger partial charge in [-0.15, -0.1) is 11.3 Å². The second kappa shape index (κ2) is 6.52. The molecule has 0 saturated carbocycles. The highest BCUT2D eigenvalue weighted by molar-refractivity contribution is 7.09. The topological polar surface area (TPSA) is 45.2 Å². The third-order valence-electron chi connectivity index (χ3n) is 3.15. The van der Waals surface area contributed by atoms with Gasteiger partial charge < -0.3 is 10.2 Å². The standard InChI is InChI=1S/C15H19N3OS/c1-11(15-8-16-10-20-15)17-14-6-4-5-13(7-14)9-18(3)12(2)19/h4-8,10-11,17H,9H2,1-3H3. The highest BCUT2D eigenvalue weighted by Crippen LogP contribution is 2.22. The van der Waals surface area contributed by atoms with Gasteiger partial charge in [0.15, 0.2) is 0 Å². The van der Waals surface area contributed by atoms with E-state index in [9.17, 15) is 4.79 Å². The Morgan fingerprint density at radius 1 is 1.50 bits per heavy atom. The average Bonchev–Trinajstić information content (AvgIpc) is 2.92. The van der Waals surface area contributed by atoms with Gasteiger partial charge in [-0.3, -0.25) is 9.78 Å². The van der Waals surface area contributed by atoms with Crippen LogP contribution in [0.5, 0.6) is 0 Å². The van der Waals surface area contributed by atoms with E-state index in [4.69, 9.17) is 0 Å². The lowest BCUT2D eigenvalue weighted by Crippen LogP contribution is -2.23. The second-order valence-corrected chi connectivity index (χ2v) is 5.76. The van der Waals surface area contributed by atoms with E-state index < -0.39 is 0 Å². The van der Waals surface area contributed by atoms with Crippen molar-refractivity contribution in [2.75, 3.05) is 12.4 Å². The zero-order valence-electron chi connectivity index (χ0n) is 12.0. The van der Waals surface area contributed by atoms with Gasteiger partial charge in [0.1, 0.15) is 0 Å². The summed E-state index contributed by atoms with van der Waals surface area (Å²) in [5.41, 5.74) is 4.01. The molecule has 0 aliphatic rings. The van der Waals surface area contributed by atoms with Crippen molar-refractivity contribution >= 4 is 22.9 Å². The first-order valence-corrected chi connectivity index (χ1v) is 7.40. The molecule has 0 spiro atoms. The molecule has 0 radical (unpaired) electrons. The predicted molar refractivity (Wildman–Crippen MR) is 82.7 cm³/mol. The van der Waals surface area contributed by atoms with E-state index >= 15 is 0 Å². The molecule has 0 aliphatic carbocycles. The SMILES string of the molecule is CC(=O)N(C)Cc1cccc(NC(C)c2cncs2)c1. The van der Waals surface area contributed by atoms with Gasteiger partial charge in [0.25, 0.3) is 0 Å². The fraction of sp³-hybridized carbons (Fsp3) is 0.333. The van der Waals surface area contributed by atoms with Gasteiger partial charge in [0, 0.05) is 37.3 Å². The molecule has 20 heavy (non-hydrogen) atoms. The third-order valence-corrected chi connectivity index (χ3v) is 4.10. The summed E-state index contributed by atoms with van der Waals surface area (Å²) in [6, 6.07) is 8.38. The quantitative estimate of drug-likeness (QED) is 0.918. The summed E-state index contributed by atoms with van der Waals surface area (Å²) < 4.78 is 0. The largest absolute Gasteiger partial charge is 0.378 e. The van der Waals surface area contributed by atoms with Crippen LogP contribution in [0.2, 0.25) is 0 Å². The number of anilines is 1. The summed E-state index contributed by atoms with van der Waals surface area (Å²) in [6.07, 6.45) is 1.88. The van der Waals surface area contributed by atoms with Crippen LogP contribution in [0, 0.1) is 0 Å². The molecule has 1 aromatic heterocycles. The lowest BCUT2D eigenvalue weighted by molar-refractivity contribution is -0.128. The maximum Gasteiger partial charge on any atom is 0.219 e. The number of hydrogen-bond acceptors (Lipinski definition) is 4. The first-order valence-electron chi connectivity index (χ1n) is 6.52. The highest BCUT2D eigenvalue weighted by atomic mass is 32.1. The minimum absolute atomic E-state index is 0.0707. The van der Waals surface area contributed by atoms with Crippen molar-refractivity contribution in [3.8, 4) is 0 Å². The molecule has 1 atom stereocenters. The molecule has 0 aliphatic heterocycles. The fourth-order valence-corrected chi connectivity index (χ4v) is 2.53. The van der Waals surface area contributed by atoms with Crippen LogP contribution in [0.25, 0.3) is 0 Å². The molecule has 1 unspecified atom stereocenters. The van der Waals surface area contributed by atoms with Gasteiger partial charge in [-0.2, -0.15) is 0 Å². The molecule has 1 heterocycles. The summed E-state index contributed by atoms with van der Waals surface area (Å²) in [7, 11) is 1.81. The maximum absolute atomic E-state index is 11.3. The maximum atomic E-state index is 11.3. The van der Waals surface area contributed by atoms with Gasteiger partial charge in [-0.05, 0) is 24.6 Å². The fourth-order valence-electron chi connectivity index (χ4n) is 1.91. The monoisotopic (exact) mass is 289 g/mol. The Kier molecular flexibility index (Phi) is 4.74. The predicted octanol–water partition coefficient (Wildman–Crippen LogP) is 3.29. The van der Waals surface area contributed by atoms with Crippen LogP contribution in [-0.4, -0.2) is 22.8 Å². The number of thiazole rings is 1. The molecule has 1 amide bonds. The van der Waals surface area contributed by atoms with Crippen LogP contribution >= 0.6 is 11.3 Å². The summed E-state index contributed by atoms with van der Waals surface area (Å²) in [4.78, 5) is 18.3. The number of benzene rings is 1. The number of carbonyl (C=O) groups excluding carboxylic acids is 1. The first kappa shape index (κ1) is 14.5. The van der Waals surface area contributed by atoms with Crippen molar-refractivity contribution in [3.05, 3.63) is 46.4 Å². The molecule has 0 bridgehead atoms. The van der Waals surface area contributed by atoms with Crippen molar-refractivity contribution in [3.63, 3.8) is 0 Å². The third kappa shape index (κ3) is 3.81. The summed E-state index contributed by atoms with van der Waals surface area (Å²) in [6.45, 7) is 4.32. The summed E-state index contributed by atoms with van der Waals surface area (Å²) in [5.74, 6) is 0.0707. The van der Waals surface area contributed by atoms with E-state index in [-0.39, 0.29) is 11.9 Å². The molecule has 1 aromatic carbocycles. The van der Waals surface area contributed by atoms with E-state index in [1.807, 2.05) is 37.0 Å². The number of nitrogens with zero attached hydrogens (tertiary/aromatic N) is 2. The van der Waals surface area contributed by atoms with Crippen molar-refractivity contribution in [2.45, 2.75) is 26.4 Å². The van der Waals surface area contributed by atoms with Crippen LogP contribution in [0.3, 0.4) is 0 Å². The molecule has 4 nitrogen and oxygen atoms in total. The number of hydrogen-bond donors (Lipinski definition) is 1. The molecule has 0 fully saturated rings. The molecule has 2 aromatic rings. The number of carbonyl (C=O) groups is 1. The Hall–Kier alpha value is -1.88. The molecule has 2 rings (SSSR count). The lowest BCUT2D eigenvalue weighted by atomic mass is 10.1. The Balaban J connectivity index is 2.04. The first-order chi connectivity index (χ1) is 9.56. The van der Waals surface area contributed by atoms with Gasteiger partial charge in [-0.25, -0.2) is 0 Å². The number of aromatic nitrogens is 1. The number of amides is 1. The minimum atomic E-state index is 0.0707. The minimum Gasteiger partial charge on any atom is -0.378 e. The van der Waals surface area contributed by atoms with Crippen molar-refractivity contribution in [2.24, 2.45) is 0 Å². The summed E-state index contributed by atoms with van der Waals surface area (Å²) >= 11 is 1.64. The normalized spacial score (nSPS) is 11.9. The van der Waals surface area contributed by atoms with E-state index in [1.54, 1.807) is 23.2 Å².